The summed E-state index contributed by atoms with van der Waals surface area (Å²) in [6, 6.07) is 8.71. The molecule has 1 aliphatic heterocycles. The van der Waals surface area contributed by atoms with E-state index in [0.29, 0.717) is 5.92 Å². The van der Waals surface area contributed by atoms with E-state index < -0.39 is 0 Å². The van der Waals surface area contributed by atoms with Crippen LogP contribution in [0, 0.1) is 0 Å². The summed E-state index contributed by atoms with van der Waals surface area (Å²) in [5.74, 6) is 0.445. The van der Waals surface area contributed by atoms with Gasteiger partial charge in [0.1, 0.15) is 0 Å². The molecule has 3 rings (SSSR count). The van der Waals surface area contributed by atoms with E-state index in [1.807, 2.05) is 10.9 Å². The van der Waals surface area contributed by atoms with Crippen molar-refractivity contribution in [3.63, 3.8) is 0 Å². The molecular weight excluding hydrogens is 222 g/mol. The van der Waals surface area contributed by atoms with Crippen molar-refractivity contribution in [2.24, 2.45) is 0 Å². The Bertz CT molecular complexity index is 530. The van der Waals surface area contributed by atoms with E-state index in [1.54, 1.807) is 0 Å². The average molecular weight is 241 g/mol. The SMILES string of the molecule is CCCn1cc(C2CNCc3ccccc32)cn1. The van der Waals surface area contributed by atoms with E-state index in [2.05, 4.69) is 47.8 Å². The van der Waals surface area contributed by atoms with Crippen LogP contribution in [-0.2, 0) is 13.1 Å². The minimum absolute atomic E-state index is 0.445. The highest BCUT2D eigenvalue weighted by molar-refractivity contribution is 5.38. The lowest BCUT2D eigenvalue weighted by Gasteiger charge is -2.25. The van der Waals surface area contributed by atoms with E-state index >= 15 is 0 Å². The van der Waals surface area contributed by atoms with Crippen molar-refractivity contribution in [3.8, 4) is 0 Å². The smallest absolute Gasteiger partial charge is 0.0528 e. The molecule has 1 N–H and O–H groups in total. The first-order valence-electron chi connectivity index (χ1n) is 6.69. The zero-order chi connectivity index (χ0) is 12.4. The van der Waals surface area contributed by atoms with Gasteiger partial charge in [-0.3, -0.25) is 4.68 Å². The maximum atomic E-state index is 4.44. The van der Waals surface area contributed by atoms with Crippen LogP contribution in [0.25, 0.3) is 0 Å². The zero-order valence-electron chi connectivity index (χ0n) is 10.8. The molecule has 3 nitrogen and oxygen atoms in total. The van der Waals surface area contributed by atoms with Gasteiger partial charge in [0.25, 0.3) is 0 Å². The Balaban J connectivity index is 1.92. The van der Waals surface area contributed by atoms with Crippen LogP contribution >= 0.6 is 0 Å². The van der Waals surface area contributed by atoms with Gasteiger partial charge in [-0.1, -0.05) is 31.2 Å². The molecule has 0 bridgehead atoms. The van der Waals surface area contributed by atoms with Gasteiger partial charge in [0.05, 0.1) is 6.20 Å². The number of nitrogens with zero attached hydrogens (tertiary/aromatic N) is 2. The molecule has 2 heterocycles. The summed E-state index contributed by atoms with van der Waals surface area (Å²) >= 11 is 0. The van der Waals surface area contributed by atoms with E-state index in [0.717, 1.165) is 26.1 Å². The van der Waals surface area contributed by atoms with Crippen LogP contribution in [0.4, 0.5) is 0 Å². The highest BCUT2D eigenvalue weighted by Gasteiger charge is 2.22. The molecule has 1 aliphatic rings. The van der Waals surface area contributed by atoms with Gasteiger partial charge in [-0.2, -0.15) is 5.10 Å². The van der Waals surface area contributed by atoms with Crippen molar-refractivity contribution in [2.45, 2.75) is 32.4 Å². The minimum atomic E-state index is 0.445. The minimum Gasteiger partial charge on any atom is -0.312 e. The lowest BCUT2D eigenvalue weighted by Crippen LogP contribution is -2.28. The van der Waals surface area contributed by atoms with Crippen molar-refractivity contribution in [3.05, 3.63) is 53.3 Å². The molecule has 1 unspecified atom stereocenters. The van der Waals surface area contributed by atoms with Crippen LogP contribution in [0.15, 0.2) is 36.7 Å². The van der Waals surface area contributed by atoms with E-state index in [9.17, 15) is 0 Å². The Morgan fingerprint density at radius 3 is 3.17 bits per heavy atom. The monoisotopic (exact) mass is 241 g/mol. The predicted octanol–water partition coefficient (Wildman–Crippen LogP) is 2.53. The van der Waals surface area contributed by atoms with Gasteiger partial charge in [0.15, 0.2) is 0 Å². The number of rotatable bonds is 3. The quantitative estimate of drug-likeness (QED) is 0.895. The first-order valence-corrected chi connectivity index (χ1v) is 6.69. The average Bonchev–Trinajstić information content (AvgIpc) is 2.87. The van der Waals surface area contributed by atoms with Gasteiger partial charge in [-0.05, 0) is 23.1 Å². The van der Waals surface area contributed by atoms with E-state index in [4.69, 9.17) is 0 Å². The Kier molecular flexibility index (Phi) is 3.15. The molecule has 0 amide bonds. The molecule has 18 heavy (non-hydrogen) atoms. The third-order valence-electron chi connectivity index (χ3n) is 3.60. The second-order valence-corrected chi connectivity index (χ2v) is 4.92. The third kappa shape index (κ3) is 2.06. The van der Waals surface area contributed by atoms with Gasteiger partial charge < -0.3 is 5.32 Å². The van der Waals surface area contributed by atoms with Crippen molar-refractivity contribution in [1.29, 1.82) is 0 Å². The molecule has 1 aromatic carbocycles. The molecule has 0 saturated carbocycles. The van der Waals surface area contributed by atoms with Gasteiger partial charge in [0.2, 0.25) is 0 Å². The summed E-state index contributed by atoms with van der Waals surface area (Å²) in [6.45, 7) is 5.17. The standard InChI is InChI=1S/C15H19N3/c1-2-7-18-11-13(9-17-18)15-10-16-8-12-5-3-4-6-14(12)15/h3-6,9,11,15-16H,2,7-8,10H2,1H3. The highest BCUT2D eigenvalue weighted by Crippen LogP contribution is 2.29. The molecule has 3 heteroatoms. The number of hydrogen-bond acceptors (Lipinski definition) is 2. The van der Waals surface area contributed by atoms with Crippen molar-refractivity contribution >= 4 is 0 Å². The molecular formula is C15H19N3. The zero-order valence-corrected chi connectivity index (χ0v) is 10.8. The van der Waals surface area contributed by atoms with E-state index in [-0.39, 0.29) is 0 Å². The largest absolute Gasteiger partial charge is 0.312 e. The first-order chi connectivity index (χ1) is 8.88. The number of aryl methyl sites for hydroxylation is 1. The molecule has 0 radical (unpaired) electrons. The molecule has 0 aliphatic carbocycles. The Morgan fingerprint density at radius 2 is 2.28 bits per heavy atom. The second-order valence-electron chi connectivity index (χ2n) is 4.92. The summed E-state index contributed by atoms with van der Waals surface area (Å²) < 4.78 is 2.05. The van der Waals surface area contributed by atoms with Crippen LogP contribution in [-0.4, -0.2) is 16.3 Å². The molecule has 1 atom stereocenters. The highest BCUT2D eigenvalue weighted by atomic mass is 15.3. The fraction of sp³-hybridized carbons (Fsp3) is 0.400. The number of fused-ring (bicyclic) bond motifs is 1. The number of benzene rings is 1. The molecule has 94 valence electrons. The van der Waals surface area contributed by atoms with Gasteiger partial charge >= 0.3 is 0 Å². The summed E-state index contributed by atoms with van der Waals surface area (Å²) in [6.07, 6.45) is 5.34. The van der Waals surface area contributed by atoms with Crippen molar-refractivity contribution in [2.75, 3.05) is 6.54 Å². The topological polar surface area (TPSA) is 29.9 Å². The number of hydrogen-bond donors (Lipinski definition) is 1. The molecule has 2 aromatic rings. The van der Waals surface area contributed by atoms with Crippen molar-refractivity contribution in [1.82, 2.24) is 15.1 Å². The first kappa shape index (κ1) is 11.5. The van der Waals surface area contributed by atoms with E-state index in [1.165, 1.54) is 16.7 Å². The van der Waals surface area contributed by atoms with Crippen LogP contribution < -0.4 is 5.32 Å². The van der Waals surface area contributed by atoms with Crippen LogP contribution in [0.2, 0.25) is 0 Å². The van der Waals surface area contributed by atoms with Crippen molar-refractivity contribution < 1.29 is 0 Å². The van der Waals surface area contributed by atoms with Crippen LogP contribution in [0.5, 0.6) is 0 Å². The maximum Gasteiger partial charge on any atom is 0.0528 e. The van der Waals surface area contributed by atoms with Gasteiger partial charge in [-0.25, -0.2) is 0 Å². The van der Waals surface area contributed by atoms with Gasteiger partial charge in [0, 0.05) is 31.7 Å². The fourth-order valence-corrected chi connectivity index (χ4v) is 2.70. The van der Waals surface area contributed by atoms with Crippen LogP contribution in [0.1, 0.15) is 36.0 Å². The number of aromatic nitrogens is 2. The Morgan fingerprint density at radius 1 is 1.39 bits per heavy atom. The third-order valence-corrected chi connectivity index (χ3v) is 3.60. The predicted molar refractivity (Wildman–Crippen MR) is 72.5 cm³/mol. The number of nitrogens with one attached hydrogen (secondary N) is 1. The summed E-state index contributed by atoms with van der Waals surface area (Å²) in [5.41, 5.74) is 4.19. The summed E-state index contributed by atoms with van der Waals surface area (Å²) in [5, 5.41) is 7.94. The lowest BCUT2D eigenvalue weighted by molar-refractivity contribution is 0.585. The maximum absolute atomic E-state index is 4.44. The van der Waals surface area contributed by atoms with Crippen LogP contribution in [0.3, 0.4) is 0 Å². The second kappa shape index (κ2) is 4.94. The fourth-order valence-electron chi connectivity index (χ4n) is 2.70. The molecule has 0 spiro atoms. The Labute approximate surface area is 108 Å². The van der Waals surface area contributed by atoms with Gasteiger partial charge in [-0.15, -0.1) is 0 Å². The summed E-state index contributed by atoms with van der Waals surface area (Å²) in [7, 11) is 0. The molecule has 0 fully saturated rings. The molecule has 0 saturated heterocycles. The summed E-state index contributed by atoms with van der Waals surface area (Å²) in [4.78, 5) is 0. The lowest BCUT2D eigenvalue weighted by atomic mass is 9.87. The normalized spacial score (nSPS) is 18.6. The molecule has 1 aromatic heterocycles. The Hall–Kier alpha value is -1.61.